The van der Waals surface area contributed by atoms with Crippen molar-refractivity contribution in [3.05, 3.63) is 41.6 Å². The van der Waals surface area contributed by atoms with Gasteiger partial charge in [-0.2, -0.15) is 0 Å². The second-order valence-corrected chi connectivity index (χ2v) is 5.45. The highest BCUT2D eigenvalue weighted by atomic mass is 16.3. The summed E-state index contributed by atoms with van der Waals surface area (Å²) in [6, 6.07) is 9.59. The topological polar surface area (TPSA) is 62.2 Å². The quantitative estimate of drug-likeness (QED) is 0.895. The Balaban J connectivity index is 2.00. The smallest absolute Gasteiger partial charge is 0.252 e. The molecule has 1 heterocycles. The van der Waals surface area contributed by atoms with E-state index in [-0.39, 0.29) is 12.5 Å². The summed E-state index contributed by atoms with van der Waals surface area (Å²) in [5, 5.41) is 12.9. The van der Waals surface area contributed by atoms with Crippen molar-refractivity contribution in [2.45, 2.75) is 31.8 Å². The Morgan fingerprint density at radius 2 is 2.20 bits per heavy atom. The Morgan fingerprint density at radius 3 is 2.90 bits per heavy atom. The fraction of sp³-hybridized carbons (Fsp3) is 0.375. The fourth-order valence-corrected chi connectivity index (χ4v) is 2.31. The van der Waals surface area contributed by atoms with Gasteiger partial charge in [0.2, 0.25) is 0 Å². The molecule has 0 spiro atoms. The lowest BCUT2D eigenvalue weighted by atomic mass is 10.1. The number of carbonyl (C=O) groups excluding carboxylic acids is 1. The Bertz CT molecular complexity index is 648. The highest BCUT2D eigenvalue weighted by Crippen LogP contribution is 2.40. The summed E-state index contributed by atoms with van der Waals surface area (Å²) >= 11 is 0. The molecule has 1 fully saturated rings. The molecule has 1 unspecified atom stereocenters. The third-order valence-electron chi connectivity index (χ3n) is 3.53. The van der Waals surface area contributed by atoms with Gasteiger partial charge in [-0.25, -0.2) is 0 Å². The van der Waals surface area contributed by atoms with Gasteiger partial charge in [0.05, 0.1) is 17.2 Å². The third kappa shape index (κ3) is 2.65. The Labute approximate surface area is 117 Å². The summed E-state index contributed by atoms with van der Waals surface area (Å²) in [6.45, 7) is 1.91. The molecular weight excluding hydrogens is 252 g/mol. The molecule has 0 bridgehead atoms. The van der Waals surface area contributed by atoms with Gasteiger partial charge < -0.3 is 10.4 Å². The predicted molar refractivity (Wildman–Crippen MR) is 77.7 cm³/mol. The number of rotatable bonds is 4. The van der Waals surface area contributed by atoms with E-state index in [9.17, 15) is 9.90 Å². The average Bonchev–Trinajstić information content (AvgIpc) is 3.28. The molecule has 1 aliphatic carbocycles. The Kier molecular flexibility index (Phi) is 3.40. The van der Waals surface area contributed by atoms with E-state index in [0.29, 0.717) is 11.5 Å². The molecule has 0 saturated heterocycles. The number of aliphatic hydroxyl groups is 1. The average molecular weight is 270 g/mol. The molecule has 2 aromatic rings. The van der Waals surface area contributed by atoms with Crippen LogP contribution in [0.4, 0.5) is 0 Å². The van der Waals surface area contributed by atoms with Gasteiger partial charge in [0.15, 0.2) is 0 Å². The van der Waals surface area contributed by atoms with Crippen molar-refractivity contribution in [3.8, 4) is 0 Å². The molecule has 1 atom stereocenters. The summed E-state index contributed by atoms with van der Waals surface area (Å²) in [7, 11) is 0. The van der Waals surface area contributed by atoms with Crippen molar-refractivity contribution >= 4 is 16.8 Å². The van der Waals surface area contributed by atoms with Crippen LogP contribution in [0.2, 0.25) is 0 Å². The molecule has 2 N–H and O–H groups in total. The first-order valence-electron chi connectivity index (χ1n) is 7.01. The maximum Gasteiger partial charge on any atom is 0.252 e. The van der Waals surface area contributed by atoms with Gasteiger partial charge in [-0.05, 0) is 31.9 Å². The number of benzene rings is 1. The molecule has 3 rings (SSSR count). The zero-order valence-electron chi connectivity index (χ0n) is 11.5. The SMILES string of the molecule is CC(O)CNC(=O)c1cc(C2CC2)nc2ccccc12. The molecule has 1 aromatic carbocycles. The van der Waals surface area contributed by atoms with Crippen LogP contribution in [0, 0.1) is 0 Å². The van der Waals surface area contributed by atoms with Crippen LogP contribution in [0.15, 0.2) is 30.3 Å². The van der Waals surface area contributed by atoms with E-state index < -0.39 is 6.10 Å². The van der Waals surface area contributed by atoms with Gasteiger partial charge in [-0.3, -0.25) is 9.78 Å². The number of fused-ring (bicyclic) bond motifs is 1. The lowest BCUT2D eigenvalue weighted by Gasteiger charge is -2.11. The Hall–Kier alpha value is -1.94. The van der Waals surface area contributed by atoms with Crippen LogP contribution in [-0.4, -0.2) is 28.6 Å². The number of amides is 1. The lowest BCUT2D eigenvalue weighted by Crippen LogP contribution is -2.30. The van der Waals surface area contributed by atoms with E-state index in [0.717, 1.165) is 29.4 Å². The maximum absolute atomic E-state index is 12.3. The van der Waals surface area contributed by atoms with E-state index in [1.807, 2.05) is 30.3 Å². The molecule has 1 saturated carbocycles. The zero-order chi connectivity index (χ0) is 14.1. The van der Waals surface area contributed by atoms with Gasteiger partial charge in [0.25, 0.3) is 5.91 Å². The fourth-order valence-electron chi connectivity index (χ4n) is 2.31. The molecule has 4 nitrogen and oxygen atoms in total. The summed E-state index contributed by atoms with van der Waals surface area (Å²) in [5.74, 6) is 0.356. The van der Waals surface area contributed by atoms with Crippen LogP contribution in [0.1, 0.15) is 41.7 Å². The van der Waals surface area contributed by atoms with Crippen LogP contribution >= 0.6 is 0 Å². The highest BCUT2D eigenvalue weighted by molar-refractivity contribution is 6.06. The van der Waals surface area contributed by atoms with Crippen molar-refractivity contribution in [3.63, 3.8) is 0 Å². The minimum atomic E-state index is -0.546. The largest absolute Gasteiger partial charge is 0.392 e. The molecular formula is C16H18N2O2. The lowest BCUT2D eigenvalue weighted by molar-refractivity contribution is 0.0925. The van der Waals surface area contributed by atoms with Gasteiger partial charge in [0.1, 0.15) is 0 Å². The number of pyridine rings is 1. The van der Waals surface area contributed by atoms with Crippen LogP contribution < -0.4 is 5.32 Å². The number of nitrogens with one attached hydrogen (secondary N) is 1. The van der Waals surface area contributed by atoms with Crippen molar-refractivity contribution < 1.29 is 9.90 Å². The number of hydrogen-bond acceptors (Lipinski definition) is 3. The number of aromatic nitrogens is 1. The molecule has 1 aromatic heterocycles. The van der Waals surface area contributed by atoms with Crippen LogP contribution in [0.5, 0.6) is 0 Å². The van der Waals surface area contributed by atoms with Crippen LogP contribution in [0.3, 0.4) is 0 Å². The normalized spacial score (nSPS) is 16.1. The maximum atomic E-state index is 12.3. The summed E-state index contributed by atoms with van der Waals surface area (Å²) < 4.78 is 0. The number of para-hydroxylation sites is 1. The minimum Gasteiger partial charge on any atom is -0.392 e. The molecule has 20 heavy (non-hydrogen) atoms. The van der Waals surface area contributed by atoms with Gasteiger partial charge in [0, 0.05) is 23.5 Å². The van der Waals surface area contributed by atoms with Gasteiger partial charge in [-0.1, -0.05) is 18.2 Å². The monoisotopic (exact) mass is 270 g/mol. The van der Waals surface area contributed by atoms with E-state index in [4.69, 9.17) is 0 Å². The number of nitrogens with zero attached hydrogens (tertiary/aromatic N) is 1. The van der Waals surface area contributed by atoms with Crippen LogP contribution in [0.25, 0.3) is 10.9 Å². The summed E-state index contributed by atoms with van der Waals surface area (Å²) in [6.07, 6.45) is 1.76. The number of hydrogen-bond donors (Lipinski definition) is 2. The first-order valence-corrected chi connectivity index (χ1v) is 7.01. The van der Waals surface area contributed by atoms with Crippen molar-refractivity contribution in [1.82, 2.24) is 10.3 Å². The van der Waals surface area contributed by atoms with Crippen molar-refractivity contribution in [2.75, 3.05) is 6.54 Å². The second kappa shape index (κ2) is 5.21. The van der Waals surface area contributed by atoms with E-state index in [1.54, 1.807) is 6.92 Å². The summed E-state index contributed by atoms with van der Waals surface area (Å²) in [5.41, 5.74) is 2.52. The zero-order valence-corrected chi connectivity index (χ0v) is 11.5. The standard InChI is InChI=1S/C16H18N2O2/c1-10(19)9-17-16(20)13-8-15(11-6-7-11)18-14-5-3-2-4-12(13)14/h2-5,8,10-11,19H,6-7,9H2,1H3,(H,17,20). The number of carbonyl (C=O) groups is 1. The van der Waals surface area contributed by atoms with Gasteiger partial charge >= 0.3 is 0 Å². The van der Waals surface area contributed by atoms with Gasteiger partial charge in [-0.15, -0.1) is 0 Å². The molecule has 0 radical (unpaired) electrons. The third-order valence-corrected chi connectivity index (χ3v) is 3.53. The van der Waals surface area contributed by atoms with E-state index in [1.165, 1.54) is 0 Å². The highest BCUT2D eigenvalue weighted by Gasteiger charge is 2.26. The van der Waals surface area contributed by atoms with E-state index in [2.05, 4.69) is 10.3 Å². The molecule has 4 heteroatoms. The first-order chi connectivity index (χ1) is 9.65. The van der Waals surface area contributed by atoms with Crippen LogP contribution in [-0.2, 0) is 0 Å². The Morgan fingerprint density at radius 1 is 1.45 bits per heavy atom. The van der Waals surface area contributed by atoms with E-state index >= 15 is 0 Å². The molecule has 1 aliphatic rings. The summed E-state index contributed by atoms with van der Waals surface area (Å²) in [4.78, 5) is 17.0. The predicted octanol–water partition coefficient (Wildman–Crippen LogP) is 2.22. The number of aliphatic hydroxyl groups excluding tert-OH is 1. The molecule has 104 valence electrons. The molecule has 1 amide bonds. The molecule has 0 aliphatic heterocycles. The first kappa shape index (κ1) is 13.1. The van der Waals surface area contributed by atoms with Crippen molar-refractivity contribution in [1.29, 1.82) is 0 Å². The van der Waals surface area contributed by atoms with Crippen molar-refractivity contribution in [2.24, 2.45) is 0 Å². The second-order valence-electron chi connectivity index (χ2n) is 5.45. The minimum absolute atomic E-state index is 0.147.